The average Bonchev–Trinajstić information content (AvgIpc) is 3.20. The topological polar surface area (TPSA) is 41.4 Å². The van der Waals surface area contributed by atoms with E-state index in [-0.39, 0.29) is 5.41 Å². The second kappa shape index (κ2) is 6.88. The van der Waals surface area contributed by atoms with Crippen LogP contribution < -0.4 is 0 Å². The number of amides is 1. The molecule has 5 heteroatoms. The predicted molar refractivity (Wildman–Crippen MR) is 101 cm³/mol. The van der Waals surface area contributed by atoms with Crippen LogP contribution in [0.1, 0.15) is 36.2 Å². The van der Waals surface area contributed by atoms with E-state index in [0.29, 0.717) is 5.91 Å². The standard InChI is InChI=1S/C21H28N4O/c1-17-5-3-6-18(13-17)14-25-10-4-7-21(20(25)26)8-11-24(16-21)15-19-22-9-12-23(19)2/h3,5-6,9,12-13H,4,7-8,10-11,14-16H2,1-2H3/t21-/m0/s1. The molecule has 0 saturated carbocycles. The lowest BCUT2D eigenvalue weighted by atomic mass is 9.78. The number of carbonyl (C=O) groups is 1. The number of aromatic nitrogens is 2. The van der Waals surface area contributed by atoms with Crippen molar-refractivity contribution in [1.29, 1.82) is 0 Å². The number of hydrogen-bond donors (Lipinski definition) is 0. The van der Waals surface area contributed by atoms with Crippen molar-refractivity contribution in [3.8, 4) is 0 Å². The van der Waals surface area contributed by atoms with Crippen molar-refractivity contribution in [2.45, 2.75) is 39.3 Å². The van der Waals surface area contributed by atoms with Gasteiger partial charge in [-0.3, -0.25) is 9.69 Å². The first-order valence-electron chi connectivity index (χ1n) is 9.59. The minimum absolute atomic E-state index is 0.187. The van der Waals surface area contributed by atoms with E-state index in [4.69, 9.17) is 0 Å². The molecule has 1 spiro atoms. The van der Waals surface area contributed by atoms with Crippen LogP contribution in [-0.4, -0.2) is 44.9 Å². The molecule has 4 rings (SSSR count). The van der Waals surface area contributed by atoms with Gasteiger partial charge in [-0.1, -0.05) is 29.8 Å². The maximum absolute atomic E-state index is 13.3. The quantitative estimate of drug-likeness (QED) is 0.850. The molecule has 1 atom stereocenters. The summed E-state index contributed by atoms with van der Waals surface area (Å²) in [6.07, 6.45) is 6.93. The zero-order valence-corrected chi connectivity index (χ0v) is 15.8. The molecule has 138 valence electrons. The van der Waals surface area contributed by atoms with Gasteiger partial charge in [0.15, 0.2) is 0 Å². The van der Waals surface area contributed by atoms with E-state index in [2.05, 4.69) is 50.5 Å². The normalized spacial score (nSPS) is 23.9. The molecule has 3 heterocycles. The van der Waals surface area contributed by atoms with Crippen LogP contribution in [0.3, 0.4) is 0 Å². The summed E-state index contributed by atoms with van der Waals surface area (Å²) in [5.41, 5.74) is 2.30. The van der Waals surface area contributed by atoms with E-state index in [1.807, 2.05) is 19.4 Å². The van der Waals surface area contributed by atoms with Gasteiger partial charge in [0.2, 0.25) is 5.91 Å². The minimum Gasteiger partial charge on any atom is -0.338 e. The molecule has 1 aromatic heterocycles. The van der Waals surface area contributed by atoms with Gasteiger partial charge in [-0.15, -0.1) is 0 Å². The molecule has 2 aliphatic rings. The van der Waals surface area contributed by atoms with Crippen molar-refractivity contribution in [2.75, 3.05) is 19.6 Å². The van der Waals surface area contributed by atoms with Gasteiger partial charge in [-0.2, -0.15) is 0 Å². The summed E-state index contributed by atoms with van der Waals surface area (Å²) >= 11 is 0. The number of likely N-dealkylation sites (tertiary alicyclic amines) is 2. The highest BCUT2D eigenvalue weighted by Crippen LogP contribution is 2.40. The van der Waals surface area contributed by atoms with Crippen LogP contribution in [0.2, 0.25) is 0 Å². The van der Waals surface area contributed by atoms with E-state index in [1.165, 1.54) is 11.1 Å². The average molecular weight is 352 g/mol. The third-order valence-electron chi connectivity index (χ3n) is 6.00. The third-order valence-corrected chi connectivity index (χ3v) is 6.00. The lowest BCUT2D eigenvalue weighted by Crippen LogP contribution is -2.49. The number of benzene rings is 1. The maximum Gasteiger partial charge on any atom is 0.230 e. The molecule has 2 fully saturated rings. The SMILES string of the molecule is Cc1cccc(CN2CCC[C@@]3(CCN(Cc4nccn4C)C3)C2=O)c1. The summed E-state index contributed by atoms with van der Waals surface area (Å²) in [5, 5.41) is 0. The van der Waals surface area contributed by atoms with Crippen LogP contribution in [0.5, 0.6) is 0 Å². The number of hydrogen-bond acceptors (Lipinski definition) is 3. The Morgan fingerprint density at radius 1 is 1.19 bits per heavy atom. The first kappa shape index (κ1) is 17.3. The Hall–Kier alpha value is -2.14. The molecule has 0 radical (unpaired) electrons. The highest BCUT2D eigenvalue weighted by Gasteiger charge is 2.48. The van der Waals surface area contributed by atoms with E-state index in [0.717, 1.165) is 57.8 Å². The highest BCUT2D eigenvalue weighted by atomic mass is 16.2. The number of piperidine rings is 1. The number of nitrogens with zero attached hydrogens (tertiary/aromatic N) is 4. The van der Waals surface area contributed by atoms with E-state index in [1.54, 1.807) is 0 Å². The third kappa shape index (κ3) is 3.28. The second-order valence-corrected chi connectivity index (χ2v) is 8.01. The molecule has 0 N–H and O–H groups in total. The van der Waals surface area contributed by atoms with Crippen LogP contribution in [0.15, 0.2) is 36.7 Å². The Balaban J connectivity index is 1.45. The first-order valence-corrected chi connectivity index (χ1v) is 9.59. The fourth-order valence-corrected chi connectivity index (χ4v) is 4.55. The molecule has 2 saturated heterocycles. The van der Waals surface area contributed by atoms with Crippen LogP contribution in [0.25, 0.3) is 0 Å². The Bertz CT molecular complexity index is 799. The smallest absolute Gasteiger partial charge is 0.230 e. The Kier molecular flexibility index (Phi) is 4.57. The summed E-state index contributed by atoms with van der Waals surface area (Å²) in [5.74, 6) is 1.43. The summed E-state index contributed by atoms with van der Waals surface area (Å²) in [4.78, 5) is 22.3. The van der Waals surface area contributed by atoms with Gasteiger partial charge >= 0.3 is 0 Å². The Morgan fingerprint density at radius 3 is 2.85 bits per heavy atom. The molecule has 0 bridgehead atoms. The molecular formula is C21H28N4O. The Labute approximate surface area is 155 Å². The molecule has 5 nitrogen and oxygen atoms in total. The predicted octanol–water partition coefficient (Wildman–Crippen LogP) is 2.74. The minimum atomic E-state index is -0.187. The summed E-state index contributed by atoms with van der Waals surface area (Å²) in [7, 11) is 2.03. The van der Waals surface area contributed by atoms with E-state index < -0.39 is 0 Å². The molecular weight excluding hydrogens is 324 g/mol. The number of aryl methyl sites for hydroxylation is 2. The van der Waals surface area contributed by atoms with Crippen molar-refractivity contribution in [1.82, 2.24) is 19.4 Å². The van der Waals surface area contributed by atoms with Gasteiger partial charge in [0.25, 0.3) is 0 Å². The number of carbonyl (C=O) groups excluding carboxylic acids is 1. The van der Waals surface area contributed by atoms with Gasteiger partial charge in [-0.05, 0) is 38.3 Å². The van der Waals surface area contributed by atoms with Gasteiger partial charge in [0, 0.05) is 39.1 Å². The second-order valence-electron chi connectivity index (χ2n) is 8.01. The van der Waals surface area contributed by atoms with Crippen molar-refractivity contribution in [3.05, 3.63) is 53.6 Å². The van der Waals surface area contributed by atoms with Crippen molar-refractivity contribution in [3.63, 3.8) is 0 Å². The van der Waals surface area contributed by atoms with Crippen LogP contribution >= 0.6 is 0 Å². The van der Waals surface area contributed by atoms with Gasteiger partial charge < -0.3 is 9.47 Å². The van der Waals surface area contributed by atoms with Gasteiger partial charge in [0.1, 0.15) is 5.82 Å². The van der Waals surface area contributed by atoms with Crippen molar-refractivity contribution in [2.24, 2.45) is 12.5 Å². The fraction of sp³-hybridized carbons (Fsp3) is 0.524. The van der Waals surface area contributed by atoms with Crippen molar-refractivity contribution >= 4 is 5.91 Å². The zero-order chi connectivity index (χ0) is 18.1. The van der Waals surface area contributed by atoms with E-state index >= 15 is 0 Å². The molecule has 0 unspecified atom stereocenters. The lowest BCUT2D eigenvalue weighted by Gasteiger charge is -2.39. The number of imidazole rings is 1. The maximum atomic E-state index is 13.3. The fourth-order valence-electron chi connectivity index (χ4n) is 4.55. The Morgan fingerprint density at radius 2 is 2.08 bits per heavy atom. The summed E-state index contributed by atoms with van der Waals surface area (Å²) in [6, 6.07) is 8.51. The van der Waals surface area contributed by atoms with Gasteiger partial charge in [-0.25, -0.2) is 4.98 Å². The molecule has 2 aromatic rings. The van der Waals surface area contributed by atoms with Crippen LogP contribution in [0, 0.1) is 12.3 Å². The highest BCUT2D eigenvalue weighted by molar-refractivity contribution is 5.84. The molecule has 0 aliphatic carbocycles. The summed E-state index contributed by atoms with van der Waals surface area (Å²) < 4.78 is 2.07. The molecule has 1 amide bonds. The van der Waals surface area contributed by atoms with Crippen molar-refractivity contribution < 1.29 is 4.79 Å². The lowest BCUT2D eigenvalue weighted by molar-refractivity contribution is -0.146. The summed E-state index contributed by atoms with van der Waals surface area (Å²) in [6.45, 7) is 6.40. The van der Waals surface area contributed by atoms with Crippen LogP contribution in [0.4, 0.5) is 0 Å². The molecule has 1 aromatic carbocycles. The molecule has 2 aliphatic heterocycles. The first-order chi connectivity index (χ1) is 12.6. The largest absolute Gasteiger partial charge is 0.338 e. The molecule has 26 heavy (non-hydrogen) atoms. The van der Waals surface area contributed by atoms with E-state index in [9.17, 15) is 4.79 Å². The van der Waals surface area contributed by atoms with Crippen LogP contribution in [-0.2, 0) is 24.9 Å². The zero-order valence-electron chi connectivity index (χ0n) is 15.8. The van der Waals surface area contributed by atoms with Gasteiger partial charge in [0.05, 0.1) is 12.0 Å². The monoisotopic (exact) mass is 352 g/mol. The number of rotatable bonds is 4.